The van der Waals surface area contributed by atoms with E-state index in [9.17, 15) is 9.59 Å². The minimum absolute atomic E-state index is 0.0806. The number of likely N-dealkylation sites (tertiary alicyclic amines) is 1. The molecule has 0 aliphatic carbocycles. The molecule has 2 amide bonds. The number of amides is 2. The molecule has 96 valence electrons. The molecule has 2 fully saturated rings. The van der Waals surface area contributed by atoms with Gasteiger partial charge in [-0.05, 0) is 19.8 Å². The largest absolute Gasteiger partial charge is 0.378 e. The summed E-state index contributed by atoms with van der Waals surface area (Å²) in [5.41, 5.74) is 0. The molecule has 5 nitrogen and oxygen atoms in total. The fourth-order valence-electron chi connectivity index (χ4n) is 2.57. The van der Waals surface area contributed by atoms with E-state index >= 15 is 0 Å². The summed E-state index contributed by atoms with van der Waals surface area (Å²) in [6.45, 7) is 4.96. The van der Waals surface area contributed by atoms with Crippen molar-refractivity contribution >= 4 is 11.8 Å². The number of ether oxygens (including phenoxy) is 1. The third-order valence-corrected chi connectivity index (χ3v) is 3.43. The first-order valence-electron chi connectivity index (χ1n) is 6.31. The van der Waals surface area contributed by atoms with Crippen LogP contribution in [0.3, 0.4) is 0 Å². The number of urea groups is 1. The van der Waals surface area contributed by atoms with Gasteiger partial charge >= 0.3 is 6.03 Å². The summed E-state index contributed by atoms with van der Waals surface area (Å²) in [7, 11) is 0. The van der Waals surface area contributed by atoms with Crippen molar-refractivity contribution in [1.82, 2.24) is 9.80 Å². The van der Waals surface area contributed by atoms with Crippen LogP contribution in [0.4, 0.5) is 4.79 Å². The zero-order chi connectivity index (χ0) is 12.3. The molecule has 0 saturated carbocycles. The minimum Gasteiger partial charge on any atom is -0.378 e. The minimum atomic E-state index is 0.0806. The summed E-state index contributed by atoms with van der Waals surface area (Å²) >= 11 is 0. The predicted octanol–water partition coefficient (Wildman–Crippen LogP) is 0.882. The van der Waals surface area contributed by atoms with E-state index in [1.54, 1.807) is 6.92 Å². The van der Waals surface area contributed by atoms with E-state index < -0.39 is 0 Å². The molecule has 17 heavy (non-hydrogen) atoms. The standard InChI is InChI=1S/C12H20N2O3/c1-10(15)9-11-3-2-4-14(11)12(16)13-5-7-17-8-6-13/h11H,2-9H2,1H3. The van der Waals surface area contributed by atoms with Crippen molar-refractivity contribution in [3.05, 3.63) is 0 Å². The van der Waals surface area contributed by atoms with E-state index in [0.29, 0.717) is 32.7 Å². The normalized spacial score (nSPS) is 25.1. The maximum Gasteiger partial charge on any atom is 0.320 e. The summed E-state index contributed by atoms with van der Waals surface area (Å²) in [6, 6.07) is 0.194. The number of carbonyl (C=O) groups excluding carboxylic acids is 2. The number of ketones is 1. The van der Waals surface area contributed by atoms with E-state index in [-0.39, 0.29) is 17.9 Å². The average molecular weight is 240 g/mol. The second-order valence-corrected chi connectivity index (χ2v) is 4.78. The Balaban J connectivity index is 1.94. The Labute approximate surface area is 102 Å². The highest BCUT2D eigenvalue weighted by molar-refractivity contribution is 5.79. The summed E-state index contributed by atoms with van der Waals surface area (Å²) in [6.07, 6.45) is 2.46. The maximum atomic E-state index is 12.3. The number of hydrogen-bond acceptors (Lipinski definition) is 3. The van der Waals surface area contributed by atoms with Gasteiger partial charge in [-0.15, -0.1) is 0 Å². The van der Waals surface area contributed by atoms with Crippen LogP contribution < -0.4 is 0 Å². The van der Waals surface area contributed by atoms with Gasteiger partial charge in [-0.2, -0.15) is 0 Å². The lowest BCUT2D eigenvalue weighted by Crippen LogP contribution is -2.49. The van der Waals surface area contributed by atoms with E-state index in [1.807, 2.05) is 9.80 Å². The smallest absolute Gasteiger partial charge is 0.320 e. The Morgan fingerprint density at radius 2 is 1.94 bits per heavy atom. The van der Waals surface area contributed by atoms with Crippen LogP contribution >= 0.6 is 0 Å². The van der Waals surface area contributed by atoms with Crippen molar-refractivity contribution in [2.24, 2.45) is 0 Å². The van der Waals surface area contributed by atoms with Crippen molar-refractivity contribution < 1.29 is 14.3 Å². The molecular formula is C12H20N2O3. The van der Waals surface area contributed by atoms with Crippen molar-refractivity contribution in [3.63, 3.8) is 0 Å². The molecule has 2 saturated heterocycles. The number of morpholine rings is 1. The fourth-order valence-corrected chi connectivity index (χ4v) is 2.57. The molecule has 1 atom stereocenters. The summed E-state index contributed by atoms with van der Waals surface area (Å²) in [4.78, 5) is 27.2. The molecule has 2 rings (SSSR count). The molecule has 5 heteroatoms. The maximum absolute atomic E-state index is 12.3. The molecule has 2 aliphatic heterocycles. The van der Waals surface area contributed by atoms with E-state index in [0.717, 1.165) is 19.4 Å². The van der Waals surface area contributed by atoms with Gasteiger partial charge in [-0.25, -0.2) is 4.79 Å². The Morgan fingerprint density at radius 1 is 1.24 bits per heavy atom. The molecular weight excluding hydrogens is 220 g/mol. The molecule has 0 bridgehead atoms. The SMILES string of the molecule is CC(=O)CC1CCCN1C(=O)N1CCOCC1. The average Bonchev–Trinajstić information content (AvgIpc) is 2.76. The van der Waals surface area contributed by atoms with Gasteiger partial charge in [0.1, 0.15) is 5.78 Å². The molecule has 0 N–H and O–H groups in total. The highest BCUT2D eigenvalue weighted by Gasteiger charge is 2.32. The Kier molecular flexibility index (Phi) is 3.99. The molecule has 2 heterocycles. The van der Waals surface area contributed by atoms with E-state index in [1.165, 1.54) is 0 Å². The third-order valence-electron chi connectivity index (χ3n) is 3.43. The fraction of sp³-hybridized carbons (Fsp3) is 0.833. The highest BCUT2D eigenvalue weighted by atomic mass is 16.5. The summed E-state index contributed by atoms with van der Waals surface area (Å²) < 4.78 is 5.24. The number of carbonyl (C=O) groups is 2. The molecule has 0 aromatic rings. The first kappa shape index (κ1) is 12.4. The van der Waals surface area contributed by atoms with Crippen LogP contribution in [0.5, 0.6) is 0 Å². The lowest BCUT2D eigenvalue weighted by molar-refractivity contribution is -0.117. The topological polar surface area (TPSA) is 49.9 Å². The number of hydrogen-bond donors (Lipinski definition) is 0. The Hall–Kier alpha value is -1.10. The summed E-state index contributed by atoms with van der Waals surface area (Å²) in [5, 5.41) is 0. The van der Waals surface area contributed by atoms with Crippen LogP contribution in [0.1, 0.15) is 26.2 Å². The van der Waals surface area contributed by atoms with Crippen LogP contribution in [0.2, 0.25) is 0 Å². The van der Waals surface area contributed by atoms with Gasteiger partial charge in [0.25, 0.3) is 0 Å². The van der Waals surface area contributed by atoms with E-state index in [4.69, 9.17) is 4.74 Å². The van der Waals surface area contributed by atoms with Crippen molar-refractivity contribution in [1.29, 1.82) is 0 Å². The molecule has 1 unspecified atom stereocenters. The van der Waals surface area contributed by atoms with Crippen molar-refractivity contribution in [2.75, 3.05) is 32.8 Å². The van der Waals surface area contributed by atoms with Crippen LogP contribution in [0.25, 0.3) is 0 Å². The second-order valence-electron chi connectivity index (χ2n) is 4.78. The number of nitrogens with zero attached hydrogens (tertiary/aromatic N) is 2. The second kappa shape index (κ2) is 5.49. The van der Waals surface area contributed by atoms with Gasteiger partial charge in [0, 0.05) is 32.1 Å². The van der Waals surface area contributed by atoms with Gasteiger partial charge in [-0.1, -0.05) is 0 Å². The van der Waals surface area contributed by atoms with Crippen molar-refractivity contribution in [2.45, 2.75) is 32.2 Å². The highest BCUT2D eigenvalue weighted by Crippen LogP contribution is 2.22. The van der Waals surface area contributed by atoms with E-state index in [2.05, 4.69) is 0 Å². The molecule has 0 aromatic carbocycles. The van der Waals surface area contributed by atoms with Gasteiger partial charge in [-0.3, -0.25) is 4.79 Å². The lowest BCUT2D eigenvalue weighted by atomic mass is 10.1. The molecule has 0 aromatic heterocycles. The first-order chi connectivity index (χ1) is 8.18. The summed E-state index contributed by atoms with van der Waals surface area (Å²) in [5.74, 6) is 0.164. The predicted molar refractivity (Wildman–Crippen MR) is 62.8 cm³/mol. The zero-order valence-corrected chi connectivity index (χ0v) is 10.4. The molecule has 0 radical (unpaired) electrons. The van der Waals surface area contributed by atoms with Gasteiger partial charge in [0.05, 0.1) is 13.2 Å². The van der Waals surface area contributed by atoms with Gasteiger partial charge < -0.3 is 14.5 Å². The van der Waals surface area contributed by atoms with Crippen LogP contribution in [0, 0.1) is 0 Å². The van der Waals surface area contributed by atoms with Crippen LogP contribution in [-0.2, 0) is 9.53 Å². The Morgan fingerprint density at radius 3 is 2.59 bits per heavy atom. The molecule has 2 aliphatic rings. The Bertz CT molecular complexity index is 300. The quantitative estimate of drug-likeness (QED) is 0.720. The molecule has 0 spiro atoms. The van der Waals surface area contributed by atoms with Crippen LogP contribution in [0.15, 0.2) is 0 Å². The lowest BCUT2D eigenvalue weighted by Gasteiger charge is -2.33. The van der Waals surface area contributed by atoms with Gasteiger partial charge in [0.15, 0.2) is 0 Å². The third kappa shape index (κ3) is 2.97. The zero-order valence-electron chi connectivity index (χ0n) is 10.4. The van der Waals surface area contributed by atoms with Gasteiger partial charge in [0.2, 0.25) is 0 Å². The van der Waals surface area contributed by atoms with Crippen LogP contribution in [-0.4, -0.2) is 60.5 Å². The first-order valence-corrected chi connectivity index (χ1v) is 6.31. The number of Topliss-reactive ketones (excluding diaryl/α,β-unsaturated/α-hetero) is 1. The monoisotopic (exact) mass is 240 g/mol. The number of rotatable bonds is 2. The van der Waals surface area contributed by atoms with Crippen molar-refractivity contribution in [3.8, 4) is 0 Å².